The Hall–Kier alpha value is -2.28. The van der Waals surface area contributed by atoms with E-state index in [1.165, 1.54) is 0 Å². The second kappa shape index (κ2) is 4.30. The van der Waals surface area contributed by atoms with Crippen molar-refractivity contribution < 1.29 is 0 Å². The molecule has 17 heavy (non-hydrogen) atoms. The summed E-state index contributed by atoms with van der Waals surface area (Å²) in [5, 5.41) is 13.5. The molecule has 1 aromatic carbocycles. The van der Waals surface area contributed by atoms with Crippen molar-refractivity contribution in [2.75, 3.05) is 11.9 Å². The second-order valence-corrected chi connectivity index (χ2v) is 3.91. The second-order valence-electron chi connectivity index (χ2n) is 3.91. The van der Waals surface area contributed by atoms with Gasteiger partial charge in [-0.3, -0.25) is 4.68 Å². The van der Waals surface area contributed by atoms with Crippen LogP contribution in [0.1, 0.15) is 11.3 Å². The van der Waals surface area contributed by atoms with Gasteiger partial charge in [0.15, 0.2) is 0 Å². The normalized spacial score (nSPS) is 10.0. The van der Waals surface area contributed by atoms with E-state index < -0.39 is 0 Å². The van der Waals surface area contributed by atoms with E-state index >= 15 is 0 Å². The number of hydrogen-bond donors (Lipinski definition) is 0. The van der Waals surface area contributed by atoms with Gasteiger partial charge in [0.2, 0.25) is 0 Å². The third-order valence-corrected chi connectivity index (χ3v) is 2.76. The van der Waals surface area contributed by atoms with Gasteiger partial charge in [-0.2, -0.15) is 10.4 Å². The summed E-state index contributed by atoms with van der Waals surface area (Å²) in [6, 6.07) is 12.1. The molecule has 4 heteroatoms. The fraction of sp³-hybridized carbons (Fsp3) is 0.231. The van der Waals surface area contributed by atoms with Crippen LogP contribution in [0.5, 0.6) is 0 Å². The SMILES string of the molecule is Cc1nn(C)c(N(C)c2ccccc2)c1C#N. The Bertz CT molecular complexity index is 563. The van der Waals surface area contributed by atoms with Gasteiger partial charge in [0, 0.05) is 19.8 Å². The van der Waals surface area contributed by atoms with Gasteiger partial charge in [-0.1, -0.05) is 18.2 Å². The molecule has 0 saturated heterocycles. The zero-order chi connectivity index (χ0) is 12.4. The molecule has 0 radical (unpaired) electrons. The van der Waals surface area contributed by atoms with E-state index in [-0.39, 0.29) is 0 Å². The monoisotopic (exact) mass is 226 g/mol. The van der Waals surface area contributed by atoms with E-state index in [4.69, 9.17) is 0 Å². The minimum Gasteiger partial charge on any atom is -0.329 e. The molecular weight excluding hydrogens is 212 g/mol. The number of anilines is 2. The first kappa shape index (κ1) is 11.2. The zero-order valence-corrected chi connectivity index (χ0v) is 10.2. The van der Waals surface area contributed by atoms with E-state index in [9.17, 15) is 5.26 Å². The quantitative estimate of drug-likeness (QED) is 0.789. The van der Waals surface area contributed by atoms with E-state index in [0.29, 0.717) is 5.56 Å². The summed E-state index contributed by atoms with van der Waals surface area (Å²) in [5.41, 5.74) is 2.42. The Kier molecular flexibility index (Phi) is 2.84. The van der Waals surface area contributed by atoms with Gasteiger partial charge in [0.1, 0.15) is 17.5 Å². The van der Waals surface area contributed by atoms with Crippen LogP contribution in [-0.2, 0) is 7.05 Å². The van der Waals surface area contributed by atoms with Gasteiger partial charge in [-0.15, -0.1) is 0 Å². The maximum atomic E-state index is 9.18. The molecule has 2 aromatic rings. The van der Waals surface area contributed by atoms with Gasteiger partial charge in [-0.25, -0.2) is 0 Å². The standard InChI is InChI=1S/C13H14N4/c1-10-12(9-14)13(17(3)15-10)16(2)11-7-5-4-6-8-11/h4-8H,1-3H3. The molecule has 0 unspecified atom stereocenters. The fourth-order valence-electron chi connectivity index (χ4n) is 1.94. The van der Waals surface area contributed by atoms with Crippen molar-refractivity contribution in [2.24, 2.45) is 7.05 Å². The number of benzene rings is 1. The topological polar surface area (TPSA) is 44.9 Å². The predicted octanol–water partition coefficient (Wildman–Crippen LogP) is 2.37. The Morgan fingerprint density at radius 2 is 1.94 bits per heavy atom. The van der Waals surface area contributed by atoms with Crippen molar-refractivity contribution in [3.8, 4) is 6.07 Å². The lowest BCUT2D eigenvalue weighted by Gasteiger charge is -2.19. The minimum atomic E-state index is 0.624. The first-order chi connectivity index (χ1) is 8.15. The zero-order valence-electron chi connectivity index (χ0n) is 10.2. The van der Waals surface area contributed by atoms with Crippen LogP contribution in [0.4, 0.5) is 11.5 Å². The number of nitriles is 1. The number of nitrogens with zero attached hydrogens (tertiary/aromatic N) is 4. The number of hydrogen-bond acceptors (Lipinski definition) is 3. The highest BCUT2D eigenvalue weighted by molar-refractivity contribution is 5.66. The van der Waals surface area contributed by atoms with E-state index in [1.807, 2.05) is 56.3 Å². The summed E-state index contributed by atoms with van der Waals surface area (Å²) in [5.74, 6) is 0.816. The lowest BCUT2D eigenvalue weighted by atomic mass is 10.2. The average Bonchev–Trinajstić information content (AvgIpc) is 2.63. The summed E-state index contributed by atoms with van der Waals surface area (Å²) in [7, 11) is 3.79. The molecule has 0 aliphatic carbocycles. The maximum Gasteiger partial charge on any atom is 0.149 e. The van der Waals surface area contributed by atoms with Crippen LogP contribution >= 0.6 is 0 Å². The van der Waals surface area contributed by atoms with Crippen molar-refractivity contribution in [3.63, 3.8) is 0 Å². The van der Waals surface area contributed by atoms with Crippen LogP contribution in [0.25, 0.3) is 0 Å². The Morgan fingerprint density at radius 3 is 2.53 bits per heavy atom. The van der Waals surface area contributed by atoms with Crippen molar-refractivity contribution in [2.45, 2.75) is 6.92 Å². The summed E-state index contributed by atoms with van der Waals surface area (Å²) >= 11 is 0. The number of rotatable bonds is 2. The highest BCUT2D eigenvalue weighted by atomic mass is 15.4. The molecule has 0 aliphatic heterocycles. The maximum absolute atomic E-state index is 9.18. The molecule has 0 N–H and O–H groups in total. The molecule has 0 amide bonds. The summed E-state index contributed by atoms with van der Waals surface area (Å²) < 4.78 is 1.74. The fourth-order valence-corrected chi connectivity index (χ4v) is 1.94. The molecule has 0 aliphatic rings. The van der Waals surface area contributed by atoms with Gasteiger partial charge >= 0.3 is 0 Å². The smallest absolute Gasteiger partial charge is 0.149 e. The van der Waals surface area contributed by atoms with Crippen molar-refractivity contribution in [1.29, 1.82) is 5.26 Å². The van der Waals surface area contributed by atoms with Gasteiger partial charge in [0.25, 0.3) is 0 Å². The first-order valence-electron chi connectivity index (χ1n) is 5.37. The predicted molar refractivity (Wildman–Crippen MR) is 67.2 cm³/mol. The van der Waals surface area contributed by atoms with Crippen LogP contribution in [0.2, 0.25) is 0 Å². The molecule has 0 atom stereocenters. The highest BCUT2D eigenvalue weighted by Crippen LogP contribution is 2.27. The van der Waals surface area contributed by atoms with Gasteiger partial charge < -0.3 is 4.90 Å². The molecule has 0 spiro atoms. The van der Waals surface area contributed by atoms with Gasteiger partial charge in [0.05, 0.1) is 5.69 Å². The van der Waals surface area contributed by atoms with Crippen molar-refractivity contribution in [3.05, 3.63) is 41.6 Å². The molecule has 1 aromatic heterocycles. The van der Waals surface area contributed by atoms with Gasteiger partial charge in [-0.05, 0) is 19.1 Å². The molecule has 4 nitrogen and oxygen atoms in total. The van der Waals surface area contributed by atoms with Crippen LogP contribution in [0, 0.1) is 18.3 Å². The highest BCUT2D eigenvalue weighted by Gasteiger charge is 2.17. The molecule has 2 rings (SSSR count). The van der Waals surface area contributed by atoms with E-state index in [1.54, 1.807) is 4.68 Å². The molecule has 0 saturated carbocycles. The summed E-state index contributed by atoms with van der Waals surface area (Å²) in [6.07, 6.45) is 0. The van der Waals surface area contributed by atoms with Crippen molar-refractivity contribution in [1.82, 2.24) is 9.78 Å². The average molecular weight is 226 g/mol. The lowest BCUT2D eigenvalue weighted by Crippen LogP contribution is -2.14. The summed E-state index contributed by atoms with van der Waals surface area (Å²) in [4.78, 5) is 1.97. The summed E-state index contributed by atoms with van der Waals surface area (Å²) in [6.45, 7) is 1.85. The van der Waals surface area contributed by atoms with Crippen LogP contribution in [0.3, 0.4) is 0 Å². The van der Waals surface area contributed by atoms with Crippen LogP contribution in [-0.4, -0.2) is 16.8 Å². The first-order valence-corrected chi connectivity index (χ1v) is 5.37. The number of para-hydroxylation sites is 1. The van der Waals surface area contributed by atoms with E-state index in [2.05, 4.69) is 11.2 Å². The van der Waals surface area contributed by atoms with Crippen molar-refractivity contribution >= 4 is 11.5 Å². The Balaban J connectivity index is 2.52. The lowest BCUT2D eigenvalue weighted by molar-refractivity contribution is 0.750. The largest absolute Gasteiger partial charge is 0.329 e. The Morgan fingerprint density at radius 1 is 1.29 bits per heavy atom. The van der Waals surface area contributed by atoms with Crippen LogP contribution in [0.15, 0.2) is 30.3 Å². The Labute approximate surface area is 101 Å². The van der Waals surface area contributed by atoms with Crippen LogP contribution < -0.4 is 4.90 Å². The molecule has 0 fully saturated rings. The molecule has 1 heterocycles. The minimum absolute atomic E-state index is 0.624. The van der Waals surface area contributed by atoms with E-state index in [0.717, 1.165) is 17.2 Å². The third-order valence-electron chi connectivity index (χ3n) is 2.76. The molecule has 0 bridgehead atoms. The molecular formula is C13H14N4. The molecule has 86 valence electrons. The third kappa shape index (κ3) is 1.87. The number of aromatic nitrogens is 2. The number of aryl methyl sites for hydroxylation is 2.